The molecule has 5 rings (SSSR count). The lowest BCUT2D eigenvalue weighted by Gasteiger charge is -2.25. The van der Waals surface area contributed by atoms with Crippen LogP contribution in [-0.2, 0) is 17.9 Å². The number of benzene rings is 2. The molecule has 0 aliphatic carbocycles. The van der Waals surface area contributed by atoms with E-state index >= 15 is 0 Å². The minimum atomic E-state index is 0.0197. The lowest BCUT2D eigenvalue weighted by atomic mass is 10.1. The number of rotatable bonds is 3. The molecular formula is C21H18N4O2. The van der Waals surface area contributed by atoms with Gasteiger partial charge in [0, 0.05) is 5.56 Å². The fourth-order valence-electron chi connectivity index (χ4n) is 3.40. The summed E-state index contributed by atoms with van der Waals surface area (Å²) in [5, 5.41) is 4.12. The molecule has 6 heteroatoms. The number of ether oxygens (including phenoxy) is 1. The van der Waals surface area contributed by atoms with Crippen LogP contribution in [0.3, 0.4) is 0 Å². The molecule has 0 N–H and O–H groups in total. The summed E-state index contributed by atoms with van der Waals surface area (Å²) >= 11 is 0. The zero-order valence-corrected chi connectivity index (χ0v) is 14.9. The van der Waals surface area contributed by atoms with Crippen molar-refractivity contribution in [2.75, 3.05) is 0 Å². The van der Waals surface area contributed by atoms with Crippen molar-refractivity contribution >= 4 is 0 Å². The molecule has 2 aromatic carbocycles. The molecule has 1 aliphatic rings. The largest absolute Gasteiger partial charge is 0.365 e. The minimum Gasteiger partial charge on any atom is -0.365 e. The molecule has 4 aromatic rings. The van der Waals surface area contributed by atoms with Crippen LogP contribution in [0.5, 0.6) is 0 Å². The fourth-order valence-corrected chi connectivity index (χ4v) is 3.40. The van der Waals surface area contributed by atoms with E-state index in [1.165, 1.54) is 0 Å². The lowest BCUT2D eigenvalue weighted by molar-refractivity contribution is 0.00330. The molecule has 134 valence electrons. The number of aromatic nitrogens is 4. The highest BCUT2D eigenvalue weighted by atomic mass is 16.5. The maximum Gasteiger partial charge on any atom is 0.278 e. The van der Waals surface area contributed by atoms with Crippen LogP contribution in [-0.4, -0.2) is 19.7 Å². The Morgan fingerprint density at radius 2 is 1.96 bits per heavy atom. The predicted octanol–water partition coefficient (Wildman–Crippen LogP) is 4.18. The Balaban J connectivity index is 1.43. The lowest BCUT2D eigenvalue weighted by Crippen LogP contribution is -2.20. The Morgan fingerprint density at radius 3 is 2.81 bits per heavy atom. The normalized spacial score (nSPS) is 16.3. The van der Waals surface area contributed by atoms with E-state index in [9.17, 15) is 0 Å². The van der Waals surface area contributed by atoms with Crippen molar-refractivity contribution in [1.82, 2.24) is 19.7 Å². The summed E-state index contributed by atoms with van der Waals surface area (Å²) in [6, 6.07) is 18.3. The monoisotopic (exact) mass is 358 g/mol. The van der Waals surface area contributed by atoms with E-state index in [0.717, 1.165) is 22.4 Å². The average molecular weight is 358 g/mol. The fraction of sp³-hybridized carbons (Fsp3) is 0.190. The molecule has 1 atom stereocenters. The van der Waals surface area contributed by atoms with Crippen molar-refractivity contribution in [3.8, 4) is 23.0 Å². The number of aryl methyl sites for hydroxylation is 1. The molecule has 0 saturated heterocycles. The van der Waals surface area contributed by atoms with Gasteiger partial charge in [0.2, 0.25) is 5.82 Å². The third-order valence-electron chi connectivity index (χ3n) is 4.81. The van der Waals surface area contributed by atoms with Crippen molar-refractivity contribution in [3.63, 3.8) is 0 Å². The van der Waals surface area contributed by atoms with Gasteiger partial charge in [-0.3, -0.25) is 0 Å². The Bertz CT molecular complexity index is 1080. The standard InChI is InChI=1S/C21H18N4O2/c1-14-6-5-9-16(10-14)20-23-21(27-24-20)19-17-12-26-18(11-25(17)13-22-19)15-7-3-2-4-8-15/h2-10,13,18H,11-12H2,1H3. The Kier molecular flexibility index (Phi) is 3.83. The van der Waals surface area contributed by atoms with Crippen LogP contribution < -0.4 is 0 Å². The van der Waals surface area contributed by atoms with Crippen LogP contribution in [0.4, 0.5) is 0 Å². The molecule has 2 aromatic heterocycles. The molecule has 0 spiro atoms. The number of hydrogen-bond acceptors (Lipinski definition) is 5. The molecule has 0 radical (unpaired) electrons. The molecule has 1 unspecified atom stereocenters. The van der Waals surface area contributed by atoms with Gasteiger partial charge in [0.1, 0.15) is 6.10 Å². The highest BCUT2D eigenvalue weighted by Gasteiger charge is 2.26. The minimum absolute atomic E-state index is 0.0197. The van der Waals surface area contributed by atoms with Crippen molar-refractivity contribution in [2.45, 2.75) is 26.2 Å². The first-order valence-corrected chi connectivity index (χ1v) is 8.89. The highest BCUT2D eigenvalue weighted by Crippen LogP contribution is 2.31. The summed E-state index contributed by atoms with van der Waals surface area (Å²) in [5.41, 5.74) is 4.89. The first-order chi connectivity index (χ1) is 13.3. The van der Waals surface area contributed by atoms with Gasteiger partial charge in [-0.1, -0.05) is 59.3 Å². The number of hydrogen-bond donors (Lipinski definition) is 0. The van der Waals surface area contributed by atoms with E-state index in [2.05, 4.69) is 31.8 Å². The van der Waals surface area contributed by atoms with Gasteiger partial charge in [-0.05, 0) is 18.6 Å². The topological polar surface area (TPSA) is 66.0 Å². The second-order valence-electron chi connectivity index (χ2n) is 6.70. The van der Waals surface area contributed by atoms with Crippen molar-refractivity contribution in [2.24, 2.45) is 0 Å². The van der Waals surface area contributed by atoms with Gasteiger partial charge in [-0.15, -0.1) is 0 Å². The van der Waals surface area contributed by atoms with E-state index in [1.807, 2.05) is 55.7 Å². The van der Waals surface area contributed by atoms with Gasteiger partial charge in [-0.25, -0.2) is 4.98 Å². The average Bonchev–Trinajstić information content (AvgIpc) is 3.35. The van der Waals surface area contributed by atoms with E-state index in [0.29, 0.717) is 30.6 Å². The maximum absolute atomic E-state index is 6.07. The summed E-state index contributed by atoms with van der Waals surface area (Å²) in [6.45, 7) is 3.21. The van der Waals surface area contributed by atoms with Gasteiger partial charge >= 0.3 is 0 Å². The van der Waals surface area contributed by atoms with Gasteiger partial charge in [-0.2, -0.15) is 4.98 Å². The van der Waals surface area contributed by atoms with Gasteiger partial charge in [0.25, 0.3) is 5.89 Å². The quantitative estimate of drug-likeness (QED) is 0.550. The van der Waals surface area contributed by atoms with Gasteiger partial charge in [0.05, 0.1) is 25.2 Å². The molecule has 0 fully saturated rings. The van der Waals surface area contributed by atoms with E-state index in [-0.39, 0.29) is 6.10 Å². The van der Waals surface area contributed by atoms with Crippen LogP contribution >= 0.6 is 0 Å². The molecule has 0 saturated carbocycles. The van der Waals surface area contributed by atoms with Crippen LogP contribution in [0.15, 0.2) is 65.4 Å². The SMILES string of the molecule is Cc1cccc(-c2noc(-c3ncn4c3COC(c3ccccc3)C4)n2)c1. The molecule has 27 heavy (non-hydrogen) atoms. The van der Waals surface area contributed by atoms with Crippen LogP contribution in [0, 0.1) is 6.92 Å². The molecular weight excluding hydrogens is 340 g/mol. The van der Waals surface area contributed by atoms with E-state index in [4.69, 9.17) is 9.26 Å². The van der Waals surface area contributed by atoms with Gasteiger partial charge < -0.3 is 13.8 Å². The zero-order valence-electron chi connectivity index (χ0n) is 14.9. The summed E-state index contributed by atoms with van der Waals surface area (Å²) in [6.07, 6.45) is 1.84. The summed E-state index contributed by atoms with van der Waals surface area (Å²) < 4.78 is 13.7. The van der Waals surface area contributed by atoms with Crippen LogP contribution in [0.1, 0.15) is 22.9 Å². The third kappa shape index (κ3) is 2.94. The zero-order chi connectivity index (χ0) is 18.2. The van der Waals surface area contributed by atoms with Crippen molar-refractivity contribution in [1.29, 1.82) is 0 Å². The smallest absolute Gasteiger partial charge is 0.278 e. The van der Waals surface area contributed by atoms with E-state index in [1.54, 1.807) is 0 Å². The number of imidazole rings is 1. The second-order valence-corrected chi connectivity index (χ2v) is 6.70. The summed E-state index contributed by atoms with van der Waals surface area (Å²) in [7, 11) is 0. The highest BCUT2D eigenvalue weighted by molar-refractivity contribution is 5.59. The Hall–Kier alpha value is -3.25. The van der Waals surface area contributed by atoms with Crippen LogP contribution in [0.25, 0.3) is 23.0 Å². The van der Waals surface area contributed by atoms with Crippen molar-refractivity contribution < 1.29 is 9.26 Å². The molecule has 1 aliphatic heterocycles. The molecule has 3 heterocycles. The van der Waals surface area contributed by atoms with Gasteiger partial charge in [0.15, 0.2) is 5.69 Å². The molecule has 6 nitrogen and oxygen atoms in total. The summed E-state index contributed by atoms with van der Waals surface area (Å²) in [5.74, 6) is 0.983. The Morgan fingerprint density at radius 1 is 1.07 bits per heavy atom. The first-order valence-electron chi connectivity index (χ1n) is 8.89. The number of fused-ring (bicyclic) bond motifs is 1. The summed E-state index contributed by atoms with van der Waals surface area (Å²) in [4.78, 5) is 9.05. The van der Waals surface area contributed by atoms with E-state index < -0.39 is 0 Å². The first kappa shape index (κ1) is 16.0. The Labute approximate surface area is 156 Å². The maximum atomic E-state index is 6.07. The molecule has 0 amide bonds. The third-order valence-corrected chi connectivity index (χ3v) is 4.81. The number of nitrogens with zero attached hydrogens (tertiary/aromatic N) is 4. The van der Waals surface area contributed by atoms with Crippen molar-refractivity contribution in [3.05, 3.63) is 77.7 Å². The van der Waals surface area contributed by atoms with Crippen LogP contribution in [0.2, 0.25) is 0 Å². The second kappa shape index (κ2) is 6.48. The molecule has 0 bridgehead atoms. The predicted molar refractivity (Wildman–Crippen MR) is 99.7 cm³/mol.